The second-order valence-corrected chi connectivity index (χ2v) is 13.9. The molecule has 0 aliphatic carbocycles. The number of hydrogen-bond donors (Lipinski definition) is 1. The molecular formula is C35H67NO4S. The van der Waals surface area contributed by atoms with Crippen LogP contribution in [0.2, 0.25) is 0 Å². The van der Waals surface area contributed by atoms with Gasteiger partial charge < -0.3 is 14.1 Å². The van der Waals surface area contributed by atoms with Gasteiger partial charge >= 0.3 is 0 Å². The molecular weight excluding hydrogens is 530 g/mol. The average Bonchev–Trinajstić information content (AvgIpc) is 2.94. The smallest absolute Gasteiger partial charge is 0.124 e. The Morgan fingerprint density at radius 2 is 0.902 bits per heavy atom. The molecule has 1 rings (SSSR count). The van der Waals surface area contributed by atoms with Gasteiger partial charge in [0.2, 0.25) is 0 Å². The van der Waals surface area contributed by atoms with E-state index < -0.39 is 10.1 Å². The zero-order valence-corrected chi connectivity index (χ0v) is 28.3. The Balaban J connectivity index is 0.00000120. The van der Waals surface area contributed by atoms with E-state index in [1.807, 2.05) is 6.92 Å². The molecule has 0 saturated heterocycles. The molecule has 1 N–H and O–H groups in total. The highest BCUT2D eigenvalue weighted by Crippen LogP contribution is 2.16. The lowest BCUT2D eigenvalue weighted by molar-refractivity contribution is -0.910. The van der Waals surface area contributed by atoms with E-state index in [1.54, 1.807) is 12.1 Å². The minimum Gasteiger partial charge on any atom is -0.744 e. The molecule has 0 saturated carbocycles. The summed E-state index contributed by atoms with van der Waals surface area (Å²) in [6, 6.07) is 5.78. The van der Waals surface area contributed by atoms with E-state index in [0.717, 1.165) is 18.5 Å². The molecule has 1 aromatic rings. The van der Waals surface area contributed by atoms with Crippen molar-refractivity contribution in [2.75, 3.05) is 33.3 Å². The van der Waals surface area contributed by atoms with Crippen molar-refractivity contribution < 1.29 is 22.6 Å². The van der Waals surface area contributed by atoms with E-state index >= 15 is 0 Å². The van der Waals surface area contributed by atoms with Crippen LogP contribution in [0.1, 0.15) is 154 Å². The summed E-state index contributed by atoms with van der Waals surface area (Å²) >= 11 is 0. The molecule has 0 unspecified atom stereocenters. The van der Waals surface area contributed by atoms with Gasteiger partial charge in [-0.05, 0) is 44.7 Å². The zero-order chi connectivity index (χ0) is 30.7. The topological polar surface area (TPSA) is 77.4 Å². The van der Waals surface area contributed by atoms with Gasteiger partial charge in [-0.25, -0.2) is 8.42 Å². The highest BCUT2D eigenvalue weighted by atomic mass is 32.2. The van der Waals surface area contributed by atoms with Crippen molar-refractivity contribution in [1.82, 2.24) is 0 Å². The fourth-order valence-corrected chi connectivity index (χ4v) is 5.92. The van der Waals surface area contributed by atoms with E-state index in [4.69, 9.17) is 0 Å². The molecule has 242 valence electrons. The maximum Gasteiger partial charge on any atom is 0.124 e. The summed E-state index contributed by atoms with van der Waals surface area (Å²) in [6.07, 6.45) is 29.3. The van der Waals surface area contributed by atoms with Gasteiger partial charge in [-0.3, -0.25) is 0 Å². The van der Waals surface area contributed by atoms with Crippen molar-refractivity contribution in [2.45, 2.75) is 161 Å². The molecule has 0 atom stereocenters. The van der Waals surface area contributed by atoms with Crippen molar-refractivity contribution in [3.63, 3.8) is 0 Å². The predicted octanol–water partition coefficient (Wildman–Crippen LogP) is 9.56. The van der Waals surface area contributed by atoms with Gasteiger partial charge in [0, 0.05) is 13.0 Å². The van der Waals surface area contributed by atoms with Gasteiger partial charge in [0.25, 0.3) is 0 Å². The maximum atomic E-state index is 10.4. The first-order valence-electron chi connectivity index (χ1n) is 17.2. The largest absolute Gasteiger partial charge is 0.744 e. The van der Waals surface area contributed by atoms with Crippen LogP contribution in [-0.2, 0) is 10.1 Å². The first kappa shape index (κ1) is 40.1. The third kappa shape index (κ3) is 25.3. The number of rotatable bonds is 26. The highest BCUT2D eigenvalue weighted by Gasteiger charge is 2.20. The van der Waals surface area contributed by atoms with Crippen LogP contribution in [0.15, 0.2) is 29.2 Å². The molecule has 0 aromatic heterocycles. The van der Waals surface area contributed by atoms with E-state index in [1.165, 1.54) is 158 Å². The normalized spacial score (nSPS) is 11.9. The number of unbranched alkanes of at least 4 members (excludes halogenated alkanes) is 18. The number of aliphatic hydroxyl groups is 1. The quantitative estimate of drug-likeness (QED) is 0.0655. The summed E-state index contributed by atoms with van der Waals surface area (Å²) in [5, 5.41) is 9.31. The Bertz CT molecular complexity index is 771. The number of hydrogen-bond acceptors (Lipinski definition) is 4. The van der Waals surface area contributed by atoms with Crippen LogP contribution in [0.4, 0.5) is 0 Å². The van der Waals surface area contributed by atoms with Gasteiger partial charge in [0.1, 0.15) is 10.1 Å². The van der Waals surface area contributed by atoms with Gasteiger partial charge in [-0.15, -0.1) is 0 Å². The summed E-state index contributed by atoms with van der Waals surface area (Å²) in [7, 11) is -1.83. The lowest BCUT2D eigenvalue weighted by Gasteiger charge is -2.35. The maximum absolute atomic E-state index is 10.4. The second-order valence-electron chi connectivity index (χ2n) is 12.5. The third-order valence-corrected chi connectivity index (χ3v) is 9.12. The molecule has 1 aromatic carbocycles. The molecule has 0 amide bonds. The zero-order valence-electron chi connectivity index (χ0n) is 27.5. The summed E-state index contributed by atoms with van der Waals surface area (Å²) in [5.74, 6) is 0. The molecule has 0 heterocycles. The molecule has 0 fully saturated rings. The van der Waals surface area contributed by atoms with Crippen LogP contribution < -0.4 is 0 Å². The van der Waals surface area contributed by atoms with Crippen LogP contribution in [0, 0.1) is 6.92 Å². The number of benzene rings is 1. The minimum atomic E-state index is -4.27. The molecule has 0 aliphatic heterocycles. The second kappa shape index (κ2) is 26.7. The van der Waals surface area contributed by atoms with E-state index in [0.29, 0.717) is 6.61 Å². The number of aryl methyl sites for hydroxylation is 1. The summed E-state index contributed by atoms with van der Waals surface area (Å²) in [5.41, 5.74) is 0.928. The SMILES string of the molecule is CCCCCCCCCCCC[N+](C)(CCCO)CCCCCCCCCCCC.Cc1ccc(S(=O)(=O)[O-])cc1. The number of nitrogens with zero attached hydrogens (tertiary/aromatic N) is 1. The molecule has 41 heavy (non-hydrogen) atoms. The van der Waals surface area contributed by atoms with Gasteiger partial charge in [-0.1, -0.05) is 134 Å². The standard InChI is InChI=1S/C28H60NO.C7H8O3S/c1-4-6-8-10-12-14-16-18-20-22-25-29(3,27-24-28-30)26-23-21-19-17-15-13-11-9-7-5-2;1-6-2-4-7(5-3-6)11(8,9)10/h30H,4-28H2,1-3H3;2-5H,1H3,(H,8,9,10)/q+1;/p-1. The average molecular weight is 598 g/mol. The van der Waals surface area contributed by atoms with Gasteiger partial charge in [0.05, 0.1) is 31.6 Å². The lowest BCUT2D eigenvalue weighted by atomic mass is 10.1. The van der Waals surface area contributed by atoms with E-state index in [2.05, 4.69) is 20.9 Å². The van der Waals surface area contributed by atoms with Crippen LogP contribution in [0.25, 0.3) is 0 Å². The molecule has 6 heteroatoms. The molecule has 0 radical (unpaired) electrons. The minimum absolute atomic E-state index is 0.178. The van der Waals surface area contributed by atoms with E-state index in [9.17, 15) is 18.1 Å². The molecule has 0 aliphatic rings. The third-order valence-electron chi connectivity index (χ3n) is 8.27. The monoisotopic (exact) mass is 597 g/mol. The van der Waals surface area contributed by atoms with Crippen LogP contribution in [-0.4, -0.2) is 55.8 Å². The Morgan fingerprint density at radius 1 is 0.585 bits per heavy atom. The van der Waals surface area contributed by atoms with Crippen molar-refractivity contribution in [3.8, 4) is 0 Å². The molecule has 0 bridgehead atoms. The summed E-state index contributed by atoms with van der Waals surface area (Å²) in [6.45, 7) is 10.5. The Labute approximate surface area is 255 Å². The first-order chi connectivity index (χ1) is 19.7. The number of quaternary nitrogens is 1. The number of aliphatic hydroxyl groups excluding tert-OH is 1. The Hall–Kier alpha value is -0.950. The van der Waals surface area contributed by atoms with Crippen LogP contribution in [0.5, 0.6) is 0 Å². The van der Waals surface area contributed by atoms with Crippen LogP contribution in [0.3, 0.4) is 0 Å². The van der Waals surface area contributed by atoms with Crippen molar-refractivity contribution in [3.05, 3.63) is 29.8 Å². The van der Waals surface area contributed by atoms with E-state index in [-0.39, 0.29) is 4.90 Å². The first-order valence-corrected chi connectivity index (χ1v) is 18.6. The summed E-state index contributed by atoms with van der Waals surface area (Å²) in [4.78, 5) is -0.178. The van der Waals surface area contributed by atoms with Gasteiger partial charge in [-0.2, -0.15) is 0 Å². The van der Waals surface area contributed by atoms with Crippen molar-refractivity contribution >= 4 is 10.1 Å². The fourth-order valence-electron chi connectivity index (χ4n) is 5.45. The van der Waals surface area contributed by atoms with Crippen molar-refractivity contribution in [1.29, 1.82) is 0 Å². The van der Waals surface area contributed by atoms with Crippen molar-refractivity contribution in [2.24, 2.45) is 0 Å². The Kier molecular flexibility index (Phi) is 26.0. The Morgan fingerprint density at radius 3 is 1.22 bits per heavy atom. The highest BCUT2D eigenvalue weighted by molar-refractivity contribution is 7.85. The van der Waals surface area contributed by atoms with Gasteiger partial charge in [0.15, 0.2) is 0 Å². The van der Waals surface area contributed by atoms with Crippen LogP contribution >= 0.6 is 0 Å². The molecule has 5 nitrogen and oxygen atoms in total. The summed E-state index contributed by atoms with van der Waals surface area (Å²) < 4.78 is 32.4. The fraction of sp³-hybridized carbons (Fsp3) is 0.829. The lowest BCUT2D eigenvalue weighted by Crippen LogP contribution is -2.46. The predicted molar refractivity (Wildman–Crippen MR) is 175 cm³/mol. The molecule has 0 spiro atoms.